The third kappa shape index (κ3) is 4.12. The van der Waals surface area contributed by atoms with Crippen molar-refractivity contribution in [3.8, 4) is 11.5 Å². The average Bonchev–Trinajstić information content (AvgIpc) is 3.10. The zero-order chi connectivity index (χ0) is 19.6. The number of aryl methyl sites for hydroxylation is 1. The van der Waals surface area contributed by atoms with Crippen LogP contribution in [-0.2, 0) is 11.2 Å². The average molecular weight is 374 g/mol. The summed E-state index contributed by atoms with van der Waals surface area (Å²) >= 11 is 0. The molecule has 1 fully saturated rings. The Morgan fingerprint density at radius 3 is 2.63 bits per heavy atom. The van der Waals surface area contributed by atoms with Gasteiger partial charge in [0.25, 0.3) is 5.91 Å². The van der Waals surface area contributed by atoms with E-state index in [1.165, 1.54) is 12.1 Å². The smallest absolute Gasteiger partial charge is 0.451 e. The minimum atomic E-state index is -1.55. The van der Waals surface area contributed by atoms with Gasteiger partial charge in [-0.1, -0.05) is 6.07 Å². The van der Waals surface area contributed by atoms with Gasteiger partial charge in [-0.05, 0) is 30.4 Å². The number of likely N-dealkylation sites (tertiary alicyclic amines) is 1. The van der Waals surface area contributed by atoms with Crippen LogP contribution in [0.4, 0.5) is 0 Å². The lowest BCUT2D eigenvalue weighted by molar-refractivity contribution is -0.135. The van der Waals surface area contributed by atoms with Crippen molar-refractivity contribution in [1.29, 1.82) is 0 Å². The van der Waals surface area contributed by atoms with Crippen molar-refractivity contribution in [2.45, 2.75) is 25.3 Å². The van der Waals surface area contributed by atoms with E-state index in [1.807, 2.05) is 0 Å². The first-order valence-corrected chi connectivity index (χ1v) is 8.49. The van der Waals surface area contributed by atoms with Crippen molar-refractivity contribution in [3.63, 3.8) is 0 Å². The van der Waals surface area contributed by atoms with Gasteiger partial charge in [0.2, 0.25) is 0 Å². The first kappa shape index (κ1) is 18.9. The number of carbonyl (C=O) groups is 2. The van der Waals surface area contributed by atoms with Crippen LogP contribution < -0.4 is 4.74 Å². The number of aliphatic imine (C=N–C) groups is 1. The van der Waals surface area contributed by atoms with Crippen LogP contribution in [0.2, 0.25) is 6.32 Å². The number of benzene rings is 1. The molecule has 0 unspecified atom stereocenters. The first-order valence-electron chi connectivity index (χ1n) is 8.49. The number of hydrogen-bond acceptors (Lipinski definition) is 7. The highest BCUT2D eigenvalue weighted by Crippen LogP contribution is 2.34. The van der Waals surface area contributed by atoms with E-state index in [0.717, 1.165) is 0 Å². The van der Waals surface area contributed by atoms with Crippen molar-refractivity contribution in [3.05, 3.63) is 35.0 Å². The molecule has 3 rings (SSSR count). The van der Waals surface area contributed by atoms with E-state index in [4.69, 9.17) is 14.8 Å². The van der Waals surface area contributed by atoms with Gasteiger partial charge in [-0.15, -0.1) is 0 Å². The van der Waals surface area contributed by atoms with E-state index in [2.05, 4.69) is 4.99 Å². The van der Waals surface area contributed by atoms with E-state index in [0.29, 0.717) is 25.2 Å². The Hall–Kier alpha value is -2.85. The monoisotopic (exact) mass is 374 g/mol. The van der Waals surface area contributed by atoms with E-state index in [-0.39, 0.29) is 41.6 Å². The van der Waals surface area contributed by atoms with Crippen LogP contribution in [0.15, 0.2) is 28.9 Å². The number of amides is 1. The van der Waals surface area contributed by atoms with Gasteiger partial charge in [0.1, 0.15) is 28.9 Å². The lowest BCUT2D eigenvalue weighted by Crippen LogP contribution is -2.56. The lowest BCUT2D eigenvalue weighted by atomic mass is 9.82. The summed E-state index contributed by atoms with van der Waals surface area (Å²) in [7, 11) is -1.55. The maximum absolute atomic E-state index is 12.1. The van der Waals surface area contributed by atoms with Crippen LogP contribution >= 0.6 is 0 Å². The molecule has 0 spiro atoms. The zero-order valence-electron chi connectivity index (χ0n) is 14.4. The number of ether oxygens (including phenoxy) is 1. The van der Waals surface area contributed by atoms with E-state index < -0.39 is 18.8 Å². The fourth-order valence-corrected chi connectivity index (χ4v) is 2.94. The Morgan fingerprint density at radius 1 is 1.30 bits per heavy atom. The number of hydrogen-bond donors (Lipinski definition) is 4. The van der Waals surface area contributed by atoms with Gasteiger partial charge < -0.3 is 29.9 Å². The summed E-state index contributed by atoms with van der Waals surface area (Å²) in [6, 6.07) is 2.91. The van der Waals surface area contributed by atoms with Crippen molar-refractivity contribution in [1.82, 2.24) is 4.90 Å². The summed E-state index contributed by atoms with van der Waals surface area (Å²) in [5.41, 5.74) is 0.296. The Balaban J connectivity index is 1.67. The molecular weight excluding hydrogens is 355 g/mol. The molecule has 1 aromatic carbocycles. The van der Waals surface area contributed by atoms with Gasteiger partial charge in [-0.2, -0.15) is 0 Å². The maximum atomic E-state index is 12.1. The van der Waals surface area contributed by atoms with Crippen molar-refractivity contribution in [2.75, 3.05) is 13.1 Å². The maximum Gasteiger partial charge on any atom is 0.451 e. The van der Waals surface area contributed by atoms with Crippen LogP contribution in [0.5, 0.6) is 11.5 Å². The molecule has 0 aliphatic carbocycles. The van der Waals surface area contributed by atoms with Gasteiger partial charge >= 0.3 is 13.1 Å². The van der Waals surface area contributed by atoms with Gasteiger partial charge in [0.05, 0.1) is 13.1 Å². The molecule has 2 aliphatic heterocycles. The number of carbonyl (C=O) groups excluding carboxylic acids is 1. The van der Waals surface area contributed by atoms with E-state index in [9.17, 15) is 19.8 Å². The number of nitrogens with zero attached hydrogens (tertiary/aromatic N) is 2. The molecular formula is C17H19BN2O7. The molecule has 10 heteroatoms. The van der Waals surface area contributed by atoms with Crippen LogP contribution in [0.1, 0.15) is 22.3 Å². The minimum absolute atomic E-state index is 0.00324. The highest BCUT2D eigenvalue weighted by molar-refractivity contribution is 6.41. The van der Waals surface area contributed by atoms with Gasteiger partial charge in [-0.3, -0.25) is 9.79 Å². The van der Waals surface area contributed by atoms with E-state index in [1.54, 1.807) is 17.2 Å². The number of carboxylic acid groups (broad SMARTS) is 1. The summed E-state index contributed by atoms with van der Waals surface area (Å²) in [5.74, 6) is -2.00. The molecule has 9 nitrogen and oxygen atoms in total. The Morgan fingerprint density at radius 2 is 2.04 bits per heavy atom. The largest absolute Gasteiger partial charge is 0.507 e. The molecule has 2 heterocycles. The molecule has 142 valence electrons. The third-order valence-electron chi connectivity index (χ3n) is 4.40. The molecule has 27 heavy (non-hydrogen) atoms. The molecule has 2 aliphatic rings. The number of phenols is 1. The molecule has 1 amide bonds. The predicted octanol–water partition coefficient (Wildman–Crippen LogP) is 0.0537. The Kier molecular flexibility index (Phi) is 5.47. The summed E-state index contributed by atoms with van der Waals surface area (Å²) in [6.07, 6.45) is 3.70. The molecule has 0 saturated carbocycles. The quantitative estimate of drug-likeness (QED) is 0.495. The minimum Gasteiger partial charge on any atom is -0.507 e. The summed E-state index contributed by atoms with van der Waals surface area (Å²) in [4.78, 5) is 29.2. The SMILES string of the molecule is O=C(O)c1c(OC2CN(C(=O)C3=CCC=N3)C2)ccc(CCB(O)O)c1O. The molecule has 4 N–H and O–H groups in total. The standard InChI is InChI=1S/C17H19BN2O7/c21-15-10(5-6-18(25)26)3-4-13(14(15)17(23)24)27-11-8-20(9-11)16(22)12-2-1-7-19-12/h2-4,7,11,21,25-26H,1,5-6,8-9H2,(H,23,24). The Labute approximate surface area is 155 Å². The molecule has 1 saturated heterocycles. The number of rotatable bonds is 7. The fourth-order valence-electron chi connectivity index (χ4n) is 2.94. The van der Waals surface area contributed by atoms with Gasteiger partial charge in [-0.25, -0.2) is 4.79 Å². The third-order valence-corrected chi connectivity index (χ3v) is 4.40. The van der Waals surface area contributed by atoms with Gasteiger partial charge in [0, 0.05) is 12.6 Å². The summed E-state index contributed by atoms with van der Waals surface area (Å²) in [6.45, 7) is 0.591. The number of aromatic carboxylic acids is 1. The molecule has 0 bridgehead atoms. The summed E-state index contributed by atoms with van der Waals surface area (Å²) < 4.78 is 5.66. The van der Waals surface area contributed by atoms with Crippen molar-refractivity contribution < 1.29 is 34.6 Å². The second-order valence-corrected chi connectivity index (χ2v) is 6.36. The first-order chi connectivity index (χ1) is 12.9. The highest BCUT2D eigenvalue weighted by Gasteiger charge is 2.35. The van der Waals surface area contributed by atoms with Crippen LogP contribution in [-0.4, -0.2) is 69.6 Å². The molecule has 0 atom stereocenters. The summed E-state index contributed by atoms with van der Waals surface area (Å²) in [5, 5.41) is 37.5. The molecule has 1 aromatic rings. The second-order valence-electron chi connectivity index (χ2n) is 6.36. The normalized spacial score (nSPS) is 16.1. The molecule has 0 radical (unpaired) electrons. The van der Waals surface area contributed by atoms with E-state index >= 15 is 0 Å². The Bertz CT molecular complexity index is 816. The second kappa shape index (κ2) is 7.81. The topological polar surface area (TPSA) is 140 Å². The van der Waals surface area contributed by atoms with Crippen LogP contribution in [0.3, 0.4) is 0 Å². The van der Waals surface area contributed by atoms with Gasteiger partial charge in [0.15, 0.2) is 0 Å². The highest BCUT2D eigenvalue weighted by atomic mass is 16.5. The van der Waals surface area contributed by atoms with Crippen LogP contribution in [0.25, 0.3) is 0 Å². The number of aromatic hydroxyl groups is 1. The molecule has 0 aromatic heterocycles. The zero-order valence-corrected chi connectivity index (χ0v) is 14.4. The lowest BCUT2D eigenvalue weighted by Gasteiger charge is -2.39. The van der Waals surface area contributed by atoms with Crippen molar-refractivity contribution >= 4 is 25.2 Å². The van der Waals surface area contributed by atoms with Crippen LogP contribution in [0, 0.1) is 0 Å². The van der Waals surface area contributed by atoms with Crippen molar-refractivity contribution in [2.24, 2.45) is 4.99 Å². The predicted molar refractivity (Wildman–Crippen MR) is 96.0 cm³/mol. The fraction of sp³-hybridized carbons (Fsp3) is 0.353. The number of carboxylic acids is 1. The number of allylic oxidation sites excluding steroid dienone is 1.